The fourth-order valence-corrected chi connectivity index (χ4v) is 4.11. The van der Waals surface area contributed by atoms with Gasteiger partial charge in [-0.25, -0.2) is 0 Å². The third-order valence-corrected chi connectivity index (χ3v) is 5.65. The van der Waals surface area contributed by atoms with Gasteiger partial charge in [-0.2, -0.15) is 0 Å². The minimum Gasteiger partial charge on any atom is -0.382 e. The number of likely N-dealkylation sites (N-methyl/N-ethyl adjacent to an activating group) is 1. The molecule has 4 nitrogen and oxygen atoms in total. The van der Waals surface area contributed by atoms with E-state index < -0.39 is 12.1 Å². The van der Waals surface area contributed by atoms with Crippen LogP contribution >= 0.6 is 0 Å². The highest BCUT2D eigenvalue weighted by Gasteiger charge is 2.28. The highest BCUT2D eigenvalue weighted by molar-refractivity contribution is 5.86. The number of hydrogen-bond donors (Lipinski definition) is 2. The molecule has 0 saturated heterocycles. The smallest absolute Gasteiger partial charge is 0.253 e. The van der Waals surface area contributed by atoms with E-state index in [0.717, 1.165) is 22.8 Å². The van der Waals surface area contributed by atoms with Crippen molar-refractivity contribution in [2.45, 2.75) is 57.2 Å². The van der Waals surface area contributed by atoms with Gasteiger partial charge < -0.3 is 15.7 Å². The van der Waals surface area contributed by atoms with E-state index in [4.69, 9.17) is 5.73 Å². The first-order chi connectivity index (χ1) is 12.6. The number of nitrogens with two attached hydrogens (primary N) is 1. The molecule has 4 heteroatoms. The van der Waals surface area contributed by atoms with Crippen LogP contribution in [0.1, 0.15) is 44.1 Å². The van der Waals surface area contributed by atoms with Crippen LogP contribution in [0.4, 0.5) is 0 Å². The number of rotatable bonds is 6. The van der Waals surface area contributed by atoms with E-state index in [-0.39, 0.29) is 5.91 Å². The third kappa shape index (κ3) is 4.43. The molecule has 0 heterocycles. The summed E-state index contributed by atoms with van der Waals surface area (Å²) < 4.78 is 0. The minimum absolute atomic E-state index is 0.291. The zero-order valence-electron chi connectivity index (χ0n) is 15.6. The van der Waals surface area contributed by atoms with E-state index in [1.807, 2.05) is 24.3 Å². The molecular formula is C22H30N2O2. The predicted molar refractivity (Wildman–Crippen MR) is 106 cm³/mol. The van der Waals surface area contributed by atoms with Crippen LogP contribution in [0.2, 0.25) is 0 Å². The maximum atomic E-state index is 12.7. The van der Waals surface area contributed by atoms with E-state index in [0.29, 0.717) is 12.5 Å². The van der Waals surface area contributed by atoms with E-state index >= 15 is 0 Å². The number of carbonyl (C=O) groups excluding carboxylic acids is 1. The van der Waals surface area contributed by atoms with Crippen molar-refractivity contribution in [3.05, 3.63) is 48.0 Å². The Morgan fingerprint density at radius 1 is 1.15 bits per heavy atom. The first-order valence-corrected chi connectivity index (χ1v) is 9.71. The number of benzene rings is 2. The Labute approximate surface area is 156 Å². The lowest BCUT2D eigenvalue weighted by atomic mass is 9.84. The molecule has 2 aromatic carbocycles. The van der Waals surface area contributed by atoms with E-state index in [1.54, 1.807) is 11.9 Å². The molecule has 3 rings (SSSR count). The SMILES string of the molecule is CN(Cc1cccc2ccccc12)C(=O)[C@@H](O)[C@H](N)CC1CCCCC1. The molecule has 3 N–H and O–H groups in total. The van der Waals surface area contributed by atoms with Crippen LogP contribution in [-0.4, -0.2) is 35.1 Å². The lowest BCUT2D eigenvalue weighted by molar-refractivity contribution is -0.140. The van der Waals surface area contributed by atoms with Crippen molar-refractivity contribution in [2.75, 3.05) is 7.05 Å². The maximum Gasteiger partial charge on any atom is 0.253 e. The van der Waals surface area contributed by atoms with E-state index in [2.05, 4.69) is 18.2 Å². The Hall–Kier alpha value is -1.91. The van der Waals surface area contributed by atoms with Crippen molar-refractivity contribution in [3.63, 3.8) is 0 Å². The van der Waals surface area contributed by atoms with Crippen LogP contribution in [0.25, 0.3) is 10.8 Å². The number of fused-ring (bicyclic) bond motifs is 1. The average Bonchev–Trinajstić information content (AvgIpc) is 2.67. The van der Waals surface area contributed by atoms with Crippen LogP contribution in [-0.2, 0) is 11.3 Å². The molecule has 1 aliphatic carbocycles. The molecular weight excluding hydrogens is 324 g/mol. The Morgan fingerprint density at radius 2 is 1.85 bits per heavy atom. The molecule has 26 heavy (non-hydrogen) atoms. The molecule has 1 amide bonds. The number of aliphatic hydroxyl groups excluding tert-OH is 1. The highest BCUT2D eigenvalue weighted by atomic mass is 16.3. The van der Waals surface area contributed by atoms with Gasteiger partial charge in [-0.15, -0.1) is 0 Å². The molecule has 0 aliphatic heterocycles. The zero-order chi connectivity index (χ0) is 18.5. The molecule has 1 aliphatic rings. The number of hydrogen-bond acceptors (Lipinski definition) is 3. The van der Waals surface area contributed by atoms with Crippen LogP contribution in [0.5, 0.6) is 0 Å². The van der Waals surface area contributed by atoms with Gasteiger partial charge in [-0.3, -0.25) is 4.79 Å². The van der Waals surface area contributed by atoms with E-state index in [1.165, 1.54) is 32.1 Å². The number of amides is 1. The molecule has 0 radical (unpaired) electrons. The Morgan fingerprint density at radius 3 is 2.62 bits per heavy atom. The average molecular weight is 354 g/mol. The topological polar surface area (TPSA) is 66.6 Å². The van der Waals surface area contributed by atoms with Crippen LogP contribution in [0.15, 0.2) is 42.5 Å². The van der Waals surface area contributed by atoms with Crippen molar-refractivity contribution in [3.8, 4) is 0 Å². The standard InChI is InChI=1S/C22H30N2O2/c1-24(15-18-12-7-11-17-10-5-6-13-19(17)18)22(26)21(25)20(23)14-16-8-3-2-4-9-16/h5-7,10-13,16,20-21,25H,2-4,8-9,14-15,23H2,1H3/t20-,21+/m1/s1. The van der Waals surface area contributed by atoms with Crippen molar-refractivity contribution < 1.29 is 9.90 Å². The molecule has 0 bridgehead atoms. The van der Waals surface area contributed by atoms with Gasteiger partial charge in [0.2, 0.25) is 0 Å². The summed E-state index contributed by atoms with van der Waals surface area (Å²) in [5, 5.41) is 12.8. The summed E-state index contributed by atoms with van der Waals surface area (Å²) in [4.78, 5) is 14.3. The van der Waals surface area contributed by atoms with Gasteiger partial charge >= 0.3 is 0 Å². The van der Waals surface area contributed by atoms with Crippen LogP contribution in [0, 0.1) is 5.92 Å². The fraction of sp³-hybridized carbons (Fsp3) is 0.500. The first-order valence-electron chi connectivity index (χ1n) is 9.71. The van der Waals surface area contributed by atoms with Gasteiger partial charge in [0.05, 0.1) is 0 Å². The molecule has 2 atom stereocenters. The summed E-state index contributed by atoms with van der Waals surface area (Å²) in [6.45, 7) is 0.466. The van der Waals surface area contributed by atoms with Gasteiger partial charge in [0.15, 0.2) is 0 Å². The predicted octanol–water partition coefficient (Wildman–Crippen LogP) is 3.46. The summed E-state index contributed by atoms with van der Waals surface area (Å²) in [7, 11) is 1.74. The Bertz CT molecular complexity index is 735. The molecule has 140 valence electrons. The van der Waals surface area contributed by atoms with Gasteiger partial charge in [-0.1, -0.05) is 74.6 Å². The fourth-order valence-electron chi connectivity index (χ4n) is 4.11. The summed E-state index contributed by atoms with van der Waals surface area (Å²) in [5.74, 6) is 0.255. The summed E-state index contributed by atoms with van der Waals surface area (Å²) >= 11 is 0. The summed E-state index contributed by atoms with van der Waals surface area (Å²) in [6.07, 6.45) is 5.71. The second-order valence-corrected chi connectivity index (χ2v) is 7.68. The number of aliphatic hydroxyl groups is 1. The quantitative estimate of drug-likeness (QED) is 0.835. The summed E-state index contributed by atoms with van der Waals surface area (Å²) in [5.41, 5.74) is 7.25. The molecule has 1 saturated carbocycles. The van der Waals surface area contributed by atoms with Gasteiger partial charge in [0.1, 0.15) is 6.10 Å². The van der Waals surface area contributed by atoms with Gasteiger partial charge in [0.25, 0.3) is 5.91 Å². The molecule has 1 fully saturated rings. The number of carbonyl (C=O) groups is 1. The maximum absolute atomic E-state index is 12.7. The number of nitrogens with zero attached hydrogens (tertiary/aromatic N) is 1. The zero-order valence-corrected chi connectivity index (χ0v) is 15.6. The molecule has 0 spiro atoms. The second-order valence-electron chi connectivity index (χ2n) is 7.68. The van der Waals surface area contributed by atoms with E-state index in [9.17, 15) is 9.90 Å². The van der Waals surface area contributed by atoms with Gasteiger partial charge in [-0.05, 0) is 28.7 Å². The second kappa shape index (κ2) is 8.65. The molecule has 2 aromatic rings. The first kappa shape index (κ1) is 18.9. The highest BCUT2D eigenvalue weighted by Crippen LogP contribution is 2.28. The lowest BCUT2D eigenvalue weighted by Crippen LogP contribution is -2.47. The monoisotopic (exact) mass is 354 g/mol. The Kier molecular flexibility index (Phi) is 6.28. The van der Waals surface area contributed by atoms with Gasteiger partial charge in [0, 0.05) is 19.6 Å². The minimum atomic E-state index is -1.13. The summed E-state index contributed by atoms with van der Waals surface area (Å²) in [6, 6.07) is 13.7. The van der Waals surface area contributed by atoms with Crippen molar-refractivity contribution >= 4 is 16.7 Å². The van der Waals surface area contributed by atoms with Crippen molar-refractivity contribution in [1.29, 1.82) is 0 Å². The largest absolute Gasteiger partial charge is 0.382 e. The normalized spacial score (nSPS) is 17.8. The lowest BCUT2D eigenvalue weighted by Gasteiger charge is -2.29. The van der Waals surface area contributed by atoms with Crippen molar-refractivity contribution in [2.24, 2.45) is 11.7 Å². The van der Waals surface area contributed by atoms with Crippen LogP contribution < -0.4 is 5.73 Å². The van der Waals surface area contributed by atoms with Crippen molar-refractivity contribution in [1.82, 2.24) is 4.90 Å². The molecule has 0 aromatic heterocycles. The third-order valence-electron chi connectivity index (χ3n) is 5.65. The Balaban J connectivity index is 1.62. The molecule has 0 unspecified atom stereocenters. The van der Waals surface area contributed by atoms with Crippen LogP contribution in [0.3, 0.4) is 0 Å².